The molecule has 1 unspecified atom stereocenters. The van der Waals surface area contributed by atoms with E-state index in [0.717, 1.165) is 56.6 Å². The Balaban J connectivity index is 1.49. The molecule has 0 bridgehead atoms. The Morgan fingerprint density at radius 3 is 2.77 bits per heavy atom. The summed E-state index contributed by atoms with van der Waals surface area (Å²) in [6, 6.07) is 5.31. The predicted octanol–water partition coefficient (Wildman–Crippen LogP) is 0.598. The van der Waals surface area contributed by atoms with Gasteiger partial charge >= 0.3 is 0 Å². The molecular formula is C22H33N5O3. The van der Waals surface area contributed by atoms with Gasteiger partial charge in [0.1, 0.15) is 6.04 Å². The molecule has 1 fully saturated rings. The number of benzene rings is 1. The van der Waals surface area contributed by atoms with Crippen molar-refractivity contribution >= 4 is 17.7 Å². The van der Waals surface area contributed by atoms with Crippen LogP contribution in [0.1, 0.15) is 53.6 Å². The quantitative estimate of drug-likeness (QED) is 0.361. The molecule has 0 spiro atoms. The first-order chi connectivity index (χ1) is 14.5. The van der Waals surface area contributed by atoms with Crippen LogP contribution in [0.3, 0.4) is 0 Å². The summed E-state index contributed by atoms with van der Waals surface area (Å²) >= 11 is 0. The summed E-state index contributed by atoms with van der Waals surface area (Å²) in [7, 11) is 2.12. The maximum Gasteiger partial charge on any atom is 0.255 e. The number of piperidine rings is 1. The van der Waals surface area contributed by atoms with Gasteiger partial charge in [-0.2, -0.15) is 0 Å². The van der Waals surface area contributed by atoms with E-state index in [2.05, 4.69) is 22.6 Å². The summed E-state index contributed by atoms with van der Waals surface area (Å²) in [6.07, 6.45) is 3.86. The van der Waals surface area contributed by atoms with Crippen molar-refractivity contribution in [3.63, 3.8) is 0 Å². The predicted molar refractivity (Wildman–Crippen MR) is 115 cm³/mol. The Labute approximate surface area is 178 Å². The van der Waals surface area contributed by atoms with Gasteiger partial charge < -0.3 is 20.9 Å². The minimum Gasteiger partial charge on any atom is -0.330 e. The van der Waals surface area contributed by atoms with Crippen molar-refractivity contribution in [2.45, 2.75) is 51.2 Å². The molecule has 2 aliphatic rings. The van der Waals surface area contributed by atoms with Crippen LogP contribution in [0.5, 0.6) is 0 Å². The van der Waals surface area contributed by atoms with E-state index in [4.69, 9.17) is 5.73 Å². The number of imide groups is 1. The van der Waals surface area contributed by atoms with Gasteiger partial charge in [-0.25, -0.2) is 0 Å². The van der Waals surface area contributed by atoms with Crippen LogP contribution in [0.25, 0.3) is 0 Å². The standard InChI is InChI=1S/C22H33N5O3/c1-26(13-5-10-23)12-3-2-11-24-14-16-6-4-7-17-15-27(22(30)20(16)17)18-8-9-19(28)25-21(18)29/h4,6-7,18,24H,2-3,5,8-15,23H2,1H3,(H,25,28,29). The van der Waals surface area contributed by atoms with Gasteiger partial charge in [-0.1, -0.05) is 18.2 Å². The summed E-state index contributed by atoms with van der Waals surface area (Å²) in [5.41, 5.74) is 8.16. The second-order valence-corrected chi connectivity index (χ2v) is 8.18. The number of rotatable bonds is 11. The highest BCUT2D eigenvalue weighted by molar-refractivity contribution is 6.05. The normalized spacial score (nSPS) is 18.8. The number of hydrogen-bond acceptors (Lipinski definition) is 6. The zero-order chi connectivity index (χ0) is 21.5. The monoisotopic (exact) mass is 415 g/mol. The molecule has 2 aliphatic heterocycles. The third-order valence-corrected chi connectivity index (χ3v) is 5.84. The highest BCUT2D eigenvalue weighted by Gasteiger charge is 2.39. The van der Waals surface area contributed by atoms with E-state index in [-0.39, 0.29) is 24.1 Å². The summed E-state index contributed by atoms with van der Waals surface area (Å²) in [5, 5.41) is 5.79. The minimum absolute atomic E-state index is 0.113. The van der Waals surface area contributed by atoms with E-state index in [9.17, 15) is 14.4 Å². The van der Waals surface area contributed by atoms with E-state index < -0.39 is 6.04 Å². The number of amides is 3. The fraction of sp³-hybridized carbons (Fsp3) is 0.591. The molecule has 8 heteroatoms. The van der Waals surface area contributed by atoms with Gasteiger partial charge in [-0.05, 0) is 70.0 Å². The number of fused-ring (bicyclic) bond motifs is 1. The maximum atomic E-state index is 13.1. The molecule has 1 aromatic rings. The van der Waals surface area contributed by atoms with E-state index in [1.807, 2.05) is 18.2 Å². The molecule has 0 aliphatic carbocycles. The number of carbonyl (C=O) groups excluding carboxylic acids is 3. The molecule has 30 heavy (non-hydrogen) atoms. The van der Waals surface area contributed by atoms with E-state index in [0.29, 0.717) is 25.1 Å². The Hall–Kier alpha value is -2.29. The molecule has 164 valence electrons. The summed E-state index contributed by atoms with van der Waals surface area (Å²) < 4.78 is 0. The lowest BCUT2D eigenvalue weighted by atomic mass is 10.0. The molecular weight excluding hydrogens is 382 g/mol. The second kappa shape index (κ2) is 10.7. The first-order valence-electron chi connectivity index (χ1n) is 10.9. The Bertz CT molecular complexity index is 782. The lowest BCUT2D eigenvalue weighted by Crippen LogP contribution is -2.52. The number of unbranched alkanes of at least 4 members (excludes halogenated alkanes) is 1. The van der Waals surface area contributed by atoms with Gasteiger partial charge in [0, 0.05) is 25.1 Å². The van der Waals surface area contributed by atoms with Crippen LogP contribution in [0.4, 0.5) is 0 Å². The van der Waals surface area contributed by atoms with Gasteiger partial charge in [0.15, 0.2) is 0 Å². The molecule has 0 radical (unpaired) electrons. The molecule has 0 aromatic heterocycles. The van der Waals surface area contributed by atoms with Crippen LogP contribution in [0.2, 0.25) is 0 Å². The molecule has 1 aromatic carbocycles. The minimum atomic E-state index is -0.570. The summed E-state index contributed by atoms with van der Waals surface area (Å²) in [6.45, 7) is 4.75. The zero-order valence-electron chi connectivity index (χ0n) is 17.8. The third kappa shape index (κ3) is 5.44. The van der Waals surface area contributed by atoms with Crippen molar-refractivity contribution in [3.05, 3.63) is 34.9 Å². The largest absolute Gasteiger partial charge is 0.330 e. The van der Waals surface area contributed by atoms with Crippen molar-refractivity contribution in [1.82, 2.24) is 20.4 Å². The van der Waals surface area contributed by atoms with E-state index in [1.54, 1.807) is 4.90 Å². The molecule has 0 saturated carbocycles. The lowest BCUT2D eigenvalue weighted by Gasteiger charge is -2.29. The average molecular weight is 416 g/mol. The first kappa shape index (κ1) is 22.4. The first-order valence-corrected chi connectivity index (χ1v) is 10.9. The number of carbonyl (C=O) groups is 3. The average Bonchev–Trinajstić information content (AvgIpc) is 3.06. The van der Waals surface area contributed by atoms with Gasteiger partial charge in [-0.3, -0.25) is 19.7 Å². The van der Waals surface area contributed by atoms with Gasteiger partial charge in [-0.15, -0.1) is 0 Å². The van der Waals surface area contributed by atoms with Crippen LogP contribution in [-0.2, 0) is 22.7 Å². The van der Waals surface area contributed by atoms with Crippen molar-refractivity contribution in [1.29, 1.82) is 0 Å². The number of nitrogens with two attached hydrogens (primary N) is 1. The molecule has 2 heterocycles. The Kier molecular flexibility index (Phi) is 7.95. The van der Waals surface area contributed by atoms with E-state index in [1.165, 1.54) is 0 Å². The van der Waals surface area contributed by atoms with Crippen LogP contribution >= 0.6 is 0 Å². The van der Waals surface area contributed by atoms with Crippen molar-refractivity contribution < 1.29 is 14.4 Å². The van der Waals surface area contributed by atoms with Gasteiger partial charge in [0.05, 0.1) is 0 Å². The van der Waals surface area contributed by atoms with Crippen LogP contribution in [-0.4, -0.2) is 66.8 Å². The Morgan fingerprint density at radius 2 is 2.00 bits per heavy atom. The molecule has 3 rings (SSSR count). The number of nitrogens with one attached hydrogen (secondary N) is 2. The molecule has 4 N–H and O–H groups in total. The zero-order valence-corrected chi connectivity index (χ0v) is 17.8. The van der Waals surface area contributed by atoms with Crippen LogP contribution in [0.15, 0.2) is 18.2 Å². The van der Waals surface area contributed by atoms with Crippen molar-refractivity contribution in [3.8, 4) is 0 Å². The molecule has 1 saturated heterocycles. The van der Waals surface area contributed by atoms with E-state index >= 15 is 0 Å². The number of hydrogen-bond donors (Lipinski definition) is 3. The summed E-state index contributed by atoms with van der Waals surface area (Å²) in [5.74, 6) is -0.752. The second-order valence-electron chi connectivity index (χ2n) is 8.18. The fourth-order valence-corrected chi connectivity index (χ4v) is 4.17. The topological polar surface area (TPSA) is 108 Å². The maximum absolute atomic E-state index is 13.1. The number of nitrogens with zero attached hydrogens (tertiary/aromatic N) is 2. The fourth-order valence-electron chi connectivity index (χ4n) is 4.17. The highest BCUT2D eigenvalue weighted by atomic mass is 16.2. The third-order valence-electron chi connectivity index (χ3n) is 5.84. The lowest BCUT2D eigenvalue weighted by molar-refractivity contribution is -0.136. The van der Waals surface area contributed by atoms with Gasteiger partial charge in [0.2, 0.25) is 11.8 Å². The molecule has 1 atom stereocenters. The molecule has 8 nitrogen and oxygen atoms in total. The molecule has 3 amide bonds. The van der Waals surface area contributed by atoms with Crippen molar-refractivity contribution in [2.24, 2.45) is 5.73 Å². The van der Waals surface area contributed by atoms with Crippen molar-refractivity contribution in [2.75, 3.05) is 33.2 Å². The smallest absolute Gasteiger partial charge is 0.255 e. The highest BCUT2D eigenvalue weighted by Crippen LogP contribution is 2.29. The SMILES string of the molecule is CN(CCCN)CCCCNCc1cccc2c1C(=O)N(C1CCC(=O)NC1=O)C2. The van der Waals surface area contributed by atoms with Crippen LogP contribution < -0.4 is 16.4 Å². The van der Waals surface area contributed by atoms with Crippen LogP contribution in [0, 0.1) is 0 Å². The Morgan fingerprint density at radius 1 is 1.20 bits per heavy atom. The van der Waals surface area contributed by atoms with Gasteiger partial charge in [0.25, 0.3) is 5.91 Å². The summed E-state index contributed by atoms with van der Waals surface area (Å²) in [4.78, 5) is 40.6.